The second-order valence-corrected chi connectivity index (χ2v) is 12.3. The van der Waals surface area contributed by atoms with Gasteiger partial charge in [0.25, 0.3) is 5.91 Å². The van der Waals surface area contributed by atoms with Crippen LogP contribution in [-0.2, 0) is 31.1 Å². The number of nitrogens with zero attached hydrogens (tertiary/aromatic N) is 6. The summed E-state index contributed by atoms with van der Waals surface area (Å²) in [5, 5.41) is 8.38. The van der Waals surface area contributed by atoms with Gasteiger partial charge in [0.15, 0.2) is 0 Å². The maximum Gasteiger partial charge on any atom is 0.416 e. The fourth-order valence-electron chi connectivity index (χ4n) is 6.61. The third-order valence-electron chi connectivity index (χ3n) is 9.00. The van der Waals surface area contributed by atoms with Crippen LogP contribution in [0.4, 0.5) is 18.9 Å². The first-order chi connectivity index (χ1) is 20.0. The lowest BCUT2D eigenvalue weighted by molar-refractivity contribution is -0.138. The summed E-state index contributed by atoms with van der Waals surface area (Å²) < 4.78 is 50.6. The Morgan fingerprint density at radius 3 is 2.52 bits per heavy atom. The van der Waals surface area contributed by atoms with Crippen molar-refractivity contribution in [3.05, 3.63) is 76.4 Å². The molecule has 8 nitrogen and oxygen atoms in total. The molecule has 2 atom stereocenters. The van der Waals surface area contributed by atoms with Crippen molar-refractivity contribution < 1.29 is 22.7 Å². The number of amides is 1. The number of piperazine rings is 1. The summed E-state index contributed by atoms with van der Waals surface area (Å²) in [7, 11) is 3.95. The lowest BCUT2D eigenvalue weighted by Gasteiger charge is -2.42. The Morgan fingerprint density at radius 1 is 1.10 bits per heavy atom. The molecule has 42 heavy (non-hydrogen) atoms. The second kappa shape index (κ2) is 11.1. The highest BCUT2D eigenvalue weighted by molar-refractivity contribution is 6.10. The number of fused-ring (bicyclic) bond motifs is 1. The summed E-state index contributed by atoms with van der Waals surface area (Å²) in [6.45, 7) is 8.17. The molecule has 3 aliphatic rings. The van der Waals surface area contributed by atoms with Gasteiger partial charge in [-0.1, -0.05) is 26.0 Å². The summed E-state index contributed by atoms with van der Waals surface area (Å²) in [6.07, 6.45) is -2.92. The van der Waals surface area contributed by atoms with Crippen molar-refractivity contribution in [1.82, 2.24) is 24.6 Å². The topological polar surface area (TPSA) is 66.7 Å². The van der Waals surface area contributed by atoms with E-state index in [9.17, 15) is 18.0 Å². The number of carbonyl (C=O) groups excluding carboxylic acids is 1. The minimum atomic E-state index is -4.57. The molecule has 2 aromatic carbocycles. The first kappa shape index (κ1) is 28.8. The Kier molecular flexibility index (Phi) is 7.61. The van der Waals surface area contributed by atoms with E-state index in [2.05, 4.69) is 40.9 Å². The van der Waals surface area contributed by atoms with E-state index in [1.807, 2.05) is 29.8 Å². The number of hydrogen-bond donors (Lipinski definition) is 0. The van der Waals surface area contributed by atoms with Crippen molar-refractivity contribution in [1.29, 1.82) is 0 Å². The molecule has 4 heterocycles. The lowest BCUT2D eigenvalue weighted by Crippen LogP contribution is -2.53. The maximum atomic E-state index is 14.4. The molecule has 11 heteroatoms. The molecule has 0 aliphatic carbocycles. The summed E-state index contributed by atoms with van der Waals surface area (Å²) in [5.41, 5.74) is 1.46. The zero-order chi connectivity index (χ0) is 29.8. The summed E-state index contributed by atoms with van der Waals surface area (Å²) in [4.78, 5) is 19.8. The SMILES string of the molecule is CC(C)[C@H]1CN(C)CCN1Cc1cc2c(c(C(F)(F)F)c1)CN(c1cccc(C(c3nncn3C)C3COC3)c1)C2=O. The minimum Gasteiger partial charge on any atom is -0.381 e. The number of anilines is 1. The fraction of sp³-hybridized carbons (Fsp3) is 0.516. The number of ether oxygens (including phenoxy) is 1. The molecule has 1 aromatic heterocycles. The highest BCUT2D eigenvalue weighted by Crippen LogP contribution is 2.41. The summed E-state index contributed by atoms with van der Waals surface area (Å²) in [6, 6.07) is 10.7. The van der Waals surface area contributed by atoms with Crippen LogP contribution < -0.4 is 4.90 Å². The lowest BCUT2D eigenvalue weighted by atomic mass is 9.83. The third-order valence-corrected chi connectivity index (χ3v) is 9.00. The average Bonchev–Trinajstić information content (AvgIpc) is 3.48. The largest absolute Gasteiger partial charge is 0.416 e. The Morgan fingerprint density at radius 2 is 1.88 bits per heavy atom. The first-order valence-corrected chi connectivity index (χ1v) is 14.5. The molecule has 0 radical (unpaired) electrons. The Balaban J connectivity index is 1.33. The van der Waals surface area contributed by atoms with Gasteiger partial charge >= 0.3 is 6.18 Å². The molecule has 2 saturated heterocycles. The molecule has 0 spiro atoms. The van der Waals surface area contributed by atoms with Gasteiger partial charge in [0.2, 0.25) is 0 Å². The molecule has 1 unspecified atom stereocenters. The van der Waals surface area contributed by atoms with Crippen LogP contribution in [0.3, 0.4) is 0 Å². The van der Waals surface area contributed by atoms with E-state index in [1.54, 1.807) is 18.5 Å². The number of benzene rings is 2. The molecular formula is C31H37F3N6O2. The van der Waals surface area contributed by atoms with Crippen molar-refractivity contribution in [2.24, 2.45) is 18.9 Å². The Labute approximate surface area is 244 Å². The molecule has 2 fully saturated rings. The van der Waals surface area contributed by atoms with Crippen LogP contribution in [-0.4, -0.2) is 76.4 Å². The zero-order valence-corrected chi connectivity index (χ0v) is 24.4. The van der Waals surface area contributed by atoms with Crippen LogP contribution in [0.5, 0.6) is 0 Å². The van der Waals surface area contributed by atoms with E-state index in [4.69, 9.17) is 4.74 Å². The predicted octanol–water partition coefficient (Wildman–Crippen LogP) is 4.54. The van der Waals surface area contributed by atoms with Gasteiger partial charge in [0.05, 0.1) is 31.2 Å². The van der Waals surface area contributed by atoms with Crippen molar-refractivity contribution in [2.75, 3.05) is 44.8 Å². The Bertz CT molecular complexity index is 1470. The third kappa shape index (κ3) is 5.33. The van der Waals surface area contributed by atoms with Crippen molar-refractivity contribution in [3.63, 3.8) is 0 Å². The van der Waals surface area contributed by atoms with E-state index in [-0.39, 0.29) is 35.5 Å². The van der Waals surface area contributed by atoms with E-state index in [0.717, 1.165) is 31.0 Å². The molecular weight excluding hydrogens is 545 g/mol. The minimum absolute atomic E-state index is 0.0395. The quantitative estimate of drug-likeness (QED) is 0.408. The average molecular weight is 583 g/mol. The van der Waals surface area contributed by atoms with Gasteiger partial charge < -0.3 is 19.1 Å². The van der Waals surface area contributed by atoms with E-state index < -0.39 is 17.6 Å². The van der Waals surface area contributed by atoms with Crippen molar-refractivity contribution in [2.45, 2.75) is 45.1 Å². The van der Waals surface area contributed by atoms with Crippen LogP contribution in [0.25, 0.3) is 0 Å². The fourth-order valence-corrected chi connectivity index (χ4v) is 6.61. The number of halogens is 3. The number of aromatic nitrogens is 3. The van der Waals surface area contributed by atoms with Gasteiger partial charge in [-0.05, 0) is 53.9 Å². The van der Waals surface area contributed by atoms with Crippen molar-refractivity contribution in [3.8, 4) is 0 Å². The first-order valence-electron chi connectivity index (χ1n) is 14.5. The van der Waals surface area contributed by atoms with E-state index in [0.29, 0.717) is 36.9 Å². The standard InChI is InChI=1S/C31H37F3N6O2/c1-19(2)27-15-37(3)8-9-39(27)13-20-10-24-25(26(11-20)31(32,33)34)14-40(30(24)41)23-7-5-6-21(12-23)28(22-16-42-17-22)29-36-35-18-38(29)4/h5-7,10-12,18-19,22,27-28H,8-9,13-17H2,1-4H3/t27-,28?/m1/s1. The normalized spacial score (nSPS) is 21.2. The zero-order valence-electron chi connectivity index (χ0n) is 24.4. The molecule has 0 saturated carbocycles. The molecule has 1 amide bonds. The van der Waals surface area contributed by atoms with E-state index in [1.165, 1.54) is 11.0 Å². The molecule has 224 valence electrons. The molecule has 0 N–H and O–H groups in total. The molecule has 3 aromatic rings. The number of likely N-dealkylation sites (N-methyl/N-ethyl adjacent to an activating group) is 1. The van der Waals surface area contributed by atoms with Gasteiger partial charge in [-0.25, -0.2) is 0 Å². The number of hydrogen-bond acceptors (Lipinski definition) is 6. The second-order valence-electron chi connectivity index (χ2n) is 12.3. The smallest absolute Gasteiger partial charge is 0.381 e. The van der Waals surface area contributed by atoms with Crippen LogP contribution in [0.2, 0.25) is 0 Å². The molecule has 6 rings (SSSR count). The number of aryl methyl sites for hydroxylation is 1. The number of alkyl halides is 3. The number of carbonyl (C=O) groups is 1. The van der Waals surface area contributed by atoms with E-state index >= 15 is 0 Å². The van der Waals surface area contributed by atoms with Gasteiger partial charge in [-0.3, -0.25) is 9.69 Å². The van der Waals surface area contributed by atoms with Gasteiger partial charge in [0.1, 0.15) is 12.2 Å². The summed E-state index contributed by atoms with van der Waals surface area (Å²) in [5.74, 6) is 0.810. The molecule has 3 aliphatic heterocycles. The van der Waals surface area contributed by atoms with Gasteiger partial charge in [-0.15, -0.1) is 10.2 Å². The number of rotatable bonds is 7. The van der Waals surface area contributed by atoms with Crippen LogP contribution in [0.1, 0.15) is 58.2 Å². The van der Waals surface area contributed by atoms with Gasteiger partial charge in [-0.2, -0.15) is 13.2 Å². The van der Waals surface area contributed by atoms with Crippen molar-refractivity contribution >= 4 is 11.6 Å². The highest BCUT2D eigenvalue weighted by atomic mass is 19.4. The Hall–Kier alpha value is -3.28. The van der Waals surface area contributed by atoms with Crippen LogP contribution in [0.15, 0.2) is 42.7 Å². The van der Waals surface area contributed by atoms with Crippen LogP contribution in [0, 0.1) is 11.8 Å². The summed E-state index contributed by atoms with van der Waals surface area (Å²) >= 11 is 0. The highest BCUT2D eigenvalue weighted by Gasteiger charge is 2.41. The molecule has 0 bridgehead atoms. The maximum absolute atomic E-state index is 14.4. The van der Waals surface area contributed by atoms with Gasteiger partial charge in [0, 0.05) is 56.4 Å². The predicted molar refractivity (Wildman–Crippen MR) is 152 cm³/mol. The van der Waals surface area contributed by atoms with Crippen LogP contribution >= 0.6 is 0 Å². The monoisotopic (exact) mass is 582 g/mol.